The van der Waals surface area contributed by atoms with E-state index in [4.69, 9.17) is 11.0 Å². The number of benzene rings is 5. The van der Waals surface area contributed by atoms with Gasteiger partial charge in [-0.1, -0.05) is 78.9 Å². The molecule has 8 heteroatoms. The fourth-order valence-electron chi connectivity index (χ4n) is 6.92. The zero-order valence-electron chi connectivity index (χ0n) is 33.1. The summed E-state index contributed by atoms with van der Waals surface area (Å²) in [5, 5.41) is 11.0. The van der Waals surface area contributed by atoms with Crippen LogP contribution in [0, 0.1) is 19.1 Å². The van der Waals surface area contributed by atoms with Crippen LogP contribution in [0.2, 0.25) is 17.3 Å². The van der Waals surface area contributed by atoms with Gasteiger partial charge in [-0.3, -0.25) is 0 Å². The maximum atomic E-state index is 12.0. The van der Waals surface area contributed by atoms with Gasteiger partial charge in [-0.15, -0.1) is 18.2 Å². The summed E-state index contributed by atoms with van der Waals surface area (Å²) in [5.74, 6) is 5.53. The predicted molar refractivity (Wildman–Crippen MR) is 225 cm³/mol. The molecule has 1 N–H and O–H groups in total. The third kappa shape index (κ3) is 8.47. The Kier molecular flexibility index (Phi) is 12.1. The first kappa shape index (κ1) is 39.1. The summed E-state index contributed by atoms with van der Waals surface area (Å²) in [7, 11) is 0. The van der Waals surface area contributed by atoms with Crippen molar-refractivity contribution in [2.45, 2.75) is 43.9 Å². The minimum atomic E-state index is -1.97. The fraction of sp³-hybridized carbons (Fsp3) is 0.146. The number of hydrogen-bond acceptors (Lipinski definition) is 6. The van der Waals surface area contributed by atoms with Crippen LogP contribution in [0.1, 0.15) is 42.6 Å². The zero-order valence-corrected chi connectivity index (χ0v) is 36.6. The molecule has 0 bridgehead atoms. The van der Waals surface area contributed by atoms with Crippen molar-refractivity contribution in [1.82, 2.24) is 9.97 Å². The van der Waals surface area contributed by atoms with Crippen molar-refractivity contribution in [3.63, 3.8) is 0 Å². The zero-order chi connectivity index (χ0) is 39.6. The molecule has 6 nitrogen and oxygen atoms in total. The van der Waals surface area contributed by atoms with E-state index in [-0.39, 0.29) is 25.7 Å². The van der Waals surface area contributed by atoms with E-state index in [0.717, 1.165) is 66.7 Å². The molecule has 0 atom stereocenters. The summed E-state index contributed by atoms with van der Waals surface area (Å²) in [6, 6.07) is 45.8. The average Bonchev–Trinajstić information content (AvgIpc) is 3.60. The first-order chi connectivity index (χ1) is 26.8. The Hall–Kier alpha value is -5.18. The SMILES string of the molecule is Cc1cc(-c2[c-]cc(C(=O)OO)c(-c3ccccc3)c2)nc[c]1[Ge]([CH3])([CH3])[CH3].[2H]C(C)(C)c1ccnc(-c2[c-]ccc3c2oc2cccc(-c4ccccc4)c23)c1.[Ir]. The smallest absolute Gasteiger partial charge is 0.121 e. The van der Waals surface area contributed by atoms with Crippen molar-refractivity contribution < 1.29 is 40.8 Å². The number of rotatable bonds is 7. The van der Waals surface area contributed by atoms with Gasteiger partial charge < -0.3 is 9.40 Å². The van der Waals surface area contributed by atoms with Crippen molar-refractivity contribution >= 4 is 45.6 Å². The molecule has 0 amide bonds. The Bertz CT molecular complexity index is 2690. The van der Waals surface area contributed by atoms with E-state index in [2.05, 4.69) is 81.5 Å². The minimum absolute atomic E-state index is 0. The number of aromatic nitrogens is 2. The van der Waals surface area contributed by atoms with E-state index >= 15 is 0 Å². The monoisotopic (exact) mass is 978 g/mol. The molecule has 56 heavy (non-hydrogen) atoms. The molecular formula is C48H42GeIrN2O4-2. The summed E-state index contributed by atoms with van der Waals surface area (Å²) in [6.45, 7) is 5.88. The summed E-state index contributed by atoms with van der Waals surface area (Å²) >= 11 is -1.97. The van der Waals surface area contributed by atoms with Crippen LogP contribution in [0.5, 0.6) is 0 Å². The predicted octanol–water partition coefficient (Wildman–Crippen LogP) is 11.9. The molecular weight excluding hydrogens is 933 g/mol. The number of aryl methyl sites for hydroxylation is 1. The van der Waals surface area contributed by atoms with Gasteiger partial charge in [0.25, 0.3) is 0 Å². The Labute approximate surface area is 345 Å². The normalized spacial score (nSPS) is 11.7. The second-order valence-electron chi connectivity index (χ2n) is 14.7. The Morgan fingerprint density at radius 3 is 2.18 bits per heavy atom. The quantitative estimate of drug-likeness (QED) is 0.0741. The first-order valence-electron chi connectivity index (χ1n) is 18.7. The van der Waals surface area contributed by atoms with Gasteiger partial charge in [0.15, 0.2) is 0 Å². The van der Waals surface area contributed by atoms with Crippen LogP contribution in [-0.2, 0) is 25.0 Å². The van der Waals surface area contributed by atoms with E-state index in [1.54, 1.807) is 12.3 Å². The minimum Gasteiger partial charge on any atom is -0.501 e. The third-order valence-corrected chi connectivity index (χ3v) is 14.2. The summed E-state index contributed by atoms with van der Waals surface area (Å²) in [5.41, 5.74) is 11.0. The van der Waals surface area contributed by atoms with Crippen LogP contribution in [0.15, 0.2) is 138 Å². The second-order valence-corrected chi connectivity index (χ2v) is 25.3. The standard InChI is InChI=1S/C26H20NO.C22H22GeNO3.Ir/c1-17(2)19-14-15-27-23(16-19)21-11-6-12-22-25-20(18-8-4-3-5-9-18)10-7-13-24(25)28-26(21)22;1-15-12-21(24-14-20(15)23(2,3)4)17-10-11-18(22(25)27-26)19(13-17)16-8-6-5-7-9-16;/h3-10,12-17H,1-2H3;5-9,11-14,26H,1-4H3;/q2*-1;/i17D;;. The van der Waals surface area contributed by atoms with Crippen molar-refractivity contribution in [1.29, 1.82) is 0 Å². The molecule has 8 rings (SSSR count). The molecule has 8 aromatic rings. The molecule has 5 aromatic carbocycles. The van der Waals surface area contributed by atoms with Gasteiger partial charge in [0.2, 0.25) is 0 Å². The number of carbonyl (C=O) groups is 1. The summed E-state index contributed by atoms with van der Waals surface area (Å²) < 4.78 is 16.0. The average molecular weight is 977 g/mol. The van der Waals surface area contributed by atoms with Gasteiger partial charge in [0.1, 0.15) is 5.58 Å². The Morgan fingerprint density at radius 2 is 1.54 bits per heavy atom. The molecule has 0 aliphatic rings. The van der Waals surface area contributed by atoms with Gasteiger partial charge in [0.05, 0.1) is 5.58 Å². The van der Waals surface area contributed by atoms with E-state index in [9.17, 15) is 4.79 Å². The van der Waals surface area contributed by atoms with E-state index in [0.29, 0.717) is 5.56 Å². The van der Waals surface area contributed by atoms with Gasteiger partial charge >= 0.3 is 162 Å². The molecule has 3 aromatic heterocycles. The molecule has 0 fully saturated rings. The number of pyridine rings is 2. The molecule has 3 heterocycles. The second kappa shape index (κ2) is 17.3. The topological polar surface area (TPSA) is 85.5 Å². The van der Waals surface area contributed by atoms with Crippen LogP contribution in [-0.4, -0.2) is 34.5 Å². The van der Waals surface area contributed by atoms with Crippen molar-refractivity contribution in [3.8, 4) is 44.8 Å². The largest absolute Gasteiger partial charge is 0.501 e. The van der Waals surface area contributed by atoms with Gasteiger partial charge in [-0.05, 0) is 34.8 Å². The van der Waals surface area contributed by atoms with Crippen molar-refractivity contribution in [2.24, 2.45) is 0 Å². The molecule has 0 aliphatic heterocycles. The first-order valence-corrected chi connectivity index (χ1v) is 25.5. The maximum absolute atomic E-state index is 12.0. The Morgan fingerprint density at radius 1 is 0.839 bits per heavy atom. The molecule has 283 valence electrons. The molecule has 0 spiro atoms. The van der Waals surface area contributed by atoms with Gasteiger partial charge in [0, 0.05) is 33.1 Å². The molecule has 0 saturated carbocycles. The third-order valence-electron chi connectivity index (χ3n) is 9.67. The van der Waals surface area contributed by atoms with Crippen molar-refractivity contribution in [2.75, 3.05) is 0 Å². The maximum Gasteiger partial charge on any atom is 0.121 e. The summed E-state index contributed by atoms with van der Waals surface area (Å²) in [4.78, 5) is 25.1. The number of fused-ring (bicyclic) bond motifs is 3. The molecule has 0 aliphatic carbocycles. The summed E-state index contributed by atoms with van der Waals surface area (Å²) in [6.07, 6.45) is 3.74. The van der Waals surface area contributed by atoms with Crippen LogP contribution >= 0.6 is 0 Å². The molecule has 1 radical (unpaired) electrons. The van der Waals surface area contributed by atoms with Gasteiger partial charge in [-0.2, -0.15) is 0 Å². The van der Waals surface area contributed by atoms with Crippen LogP contribution in [0.25, 0.3) is 66.7 Å². The fourth-order valence-corrected chi connectivity index (χ4v) is 10.5. The van der Waals surface area contributed by atoms with E-state index in [1.807, 2.05) is 105 Å². The van der Waals surface area contributed by atoms with Gasteiger partial charge in [-0.25, -0.2) is 0 Å². The molecule has 0 unspecified atom stereocenters. The number of furan rings is 1. The van der Waals surface area contributed by atoms with E-state index < -0.39 is 25.1 Å². The van der Waals surface area contributed by atoms with Crippen LogP contribution < -0.4 is 4.40 Å². The van der Waals surface area contributed by atoms with E-state index in [1.165, 1.54) is 9.96 Å². The Balaban J connectivity index is 0.000000190. The number of hydrogen-bond donors (Lipinski definition) is 1. The van der Waals surface area contributed by atoms with Crippen LogP contribution in [0.4, 0.5) is 0 Å². The number of nitrogens with zero attached hydrogens (tertiary/aromatic N) is 2. The molecule has 0 saturated heterocycles. The van der Waals surface area contributed by atoms with Crippen molar-refractivity contribution in [3.05, 3.63) is 163 Å². The number of carbonyl (C=O) groups excluding carboxylic acids is 1. The van der Waals surface area contributed by atoms with Crippen LogP contribution in [0.3, 0.4) is 0 Å².